The number of carbonyl (C=O) groups is 1. The molecule has 96 valence electrons. The van der Waals surface area contributed by atoms with E-state index in [2.05, 4.69) is 11.8 Å². The average Bonchev–Trinajstić information content (AvgIpc) is 2.81. The zero-order valence-corrected chi connectivity index (χ0v) is 10.8. The minimum atomic E-state index is -0.219. The smallest absolute Gasteiger partial charge is 0.225 e. The van der Waals surface area contributed by atoms with Gasteiger partial charge in [0, 0.05) is 12.8 Å². The van der Waals surface area contributed by atoms with Crippen LogP contribution < -0.4 is 0 Å². The molecule has 3 heteroatoms. The second kappa shape index (κ2) is 3.98. The number of hydrogen-bond donors (Lipinski definition) is 0. The maximum Gasteiger partial charge on any atom is 0.225 e. The van der Waals surface area contributed by atoms with Crippen LogP contribution in [0.15, 0.2) is 0 Å². The minimum absolute atomic E-state index is 0.0704. The fraction of sp³-hybridized carbons (Fsp3) is 0.929. The maximum atomic E-state index is 12.3. The monoisotopic (exact) mass is 237 g/mol. The summed E-state index contributed by atoms with van der Waals surface area (Å²) in [5, 5.41) is 0. The molecule has 2 heterocycles. The van der Waals surface area contributed by atoms with Crippen LogP contribution in [0.3, 0.4) is 0 Å². The van der Waals surface area contributed by atoms with E-state index in [9.17, 15) is 4.79 Å². The van der Waals surface area contributed by atoms with Gasteiger partial charge in [-0.25, -0.2) is 0 Å². The van der Waals surface area contributed by atoms with Gasteiger partial charge in [-0.1, -0.05) is 32.6 Å². The zero-order chi connectivity index (χ0) is 11.9. The summed E-state index contributed by atoms with van der Waals surface area (Å²) in [5.74, 6) is 0.345. The highest BCUT2D eigenvalue weighted by atomic mass is 16.5. The molecule has 0 bridgehead atoms. The van der Waals surface area contributed by atoms with Crippen molar-refractivity contribution in [1.29, 1.82) is 0 Å². The van der Waals surface area contributed by atoms with Crippen molar-refractivity contribution in [2.75, 3.05) is 6.61 Å². The van der Waals surface area contributed by atoms with Crippen LogP contribution in [0.25, 0.3) is 0 Å². The van der Waals surface area contributed by atoms with Crippen molar-refractivity contribution in [2.45, 2.75) is 76.0 Å². The lowest BCUT2D eigenvalue weighted by atomic mass is 9.81. The van der Waals surface area contributed by atoms with Gasteiger partial charge in [0.25, 0.3) is 0 Å². The molecule has 0 aromatic carbocycles. The Hall–Kier alpha value is -0.570. The number of ether oxygens (including phenoxy) is 1. The van der Waals surface area contributed by atoms with Gasteiger partial charge in [0.1, 0.15) is 5.72 Å². The first-order valence-electron chi connectivity index (χ1n) is 7.20. The summed E-state index contributed by atoms with van der Waals surface area (Å²) in [6, 6.07) is 0. The molecule has 1 aliphatic carbocycles. The van der Waals surface area contributed by atoms with Crippen LogP contribution in [-0.4, -0.2) is 28.7 Å². The van der Waals surface area contributed by atoms with Crippen LogP contribution >= 0.6 is 0 Å². The lowest BCUT2D eigenvalue weighted by Crippen LogP contribution is -2.54. The first-order valence-corrected chi connectivity index (χ1v) is 7.20. The van der Waals surface area contributed by atoms with E-state index in [1.807, 2.05) is 0 Å². The Balaban J connectivity index is 1.91. The highest BCUT2D eigenvalue weighted by molar-refractivity contribution is 5.80. The summed E-state index contributed by atoms with van der Waals surface area (Å²) >= 11 is 0. The second-order valence-electron chi connectivity index (χ2n) is 6.00. The minimum Gasteiger partial charge on any atom is -0.353 e. The molecule has 17 heavy (non-hydrogen) atoms. The molecule has 3 nitrogen and oxygen atoms in total. The molecule has 1 amide bonds. The molecular weight excluding hydrogens is 214 g/mol. The van der Waals surface area contributed by atoms with Crippen LogP contribution in [-0.2, 0) is 9.53 Å². The van der Waals surface area contributed by atoms with Gasteiger partial charge in [-0.2, -0.15) is 0 Å². The molecule has 0 N–H and O–H groups in total. The van der Waals surface area contributed by atoms with E-state index in [1.54, 1.807) is 0 Å². The predicted octanol–water partition coefficient (Wildman–Crippen LogP) is 2.84. The number of hydrogen-bond acceptors (Lipinski definition) is 2. The summed E-state index contributed by atoms with van der Waals surface area (Å²) in [6.45, 7) is 2.98. The molecule has 3 rings (SSSR count). The molecule has 0 aromatic rings. The van der Waals surface area contributed by atoms with Crippen LogP contribution in [0.2, 0.25) is 0 Å². The fourth-order valence-electron chi connectivity index (χ4n) is 4.20. The van der Waals surface area contributed by atoms with Gasteiger partial charge in [-0.15, -0.1) is 0 Å². The summed E-state index contributed by atoms with van der Waals surface area (Å²) in [7, 11) is 0. The molecular formula is C14H23NO2. The number of nitrogens with zero attached hydrogens (tertiary/aromatic N) is 1. The third kappa shape index (κ3) is 1.55. The number of rotatable bonds is 2. The Labute approximate surface area is 104 Å². The zero-order valence-electron chi connectivity index (χ0n) is 10.8. The molecule has 1 spiro atoms. The van der Waals surface area contributed by atoms with E-state index < -0.39 is 0 Å². The normalized spacial score (nSPS) is 35.6. The SMILES string of the molecule is CCC[C@]12CCC(=O)N1C1(CCCCC1)CO2. The van der Waals surface area contributed by atoms with Gasteiger partial charge in [-0.3, -0.25) is 4.79 Å². The number of carbonyl (C=O) groups excluding carboxylic acids is 1. The summed E-state index contributed by atoms with van der Waals surface area (Å²) in [6.07, 6.45) is 9.88. The molecule has 2 saturated heterocycles. The highest BCUT2D eigenvalue weighted by Gasteiger charge is 2.60. The third-order valence-corrected chi connectivity index (χ3v) is 4.90. The Bertz CT molecular complexity index is 322. The third-order valence-electron chi connectivity index (χ3n) is 4.90. The van der Waals surface area contributed by atoms with Gasteiger partial charge >= 0.3 is 0 Å². The van der Waals surface area contributed by atoms with Gasteiger partial charge in [0.15, 0.2) is 0 Å². The molecule has 1 saturated carbocycles. The lowest BCUT2D eigenvalue weighted by Gasteiger charge is -2.43. The van der Waals surface area contributed by atoms with E-state index in [1.165, 1.54) is 19.3 Å². The first-order chi connectivity index (χ1) is 8.22. The standard InChI is InChI=1S/C14H23NO2/c1-2-7-14-10-6-12(16)15(14)13(11-17-14)8-4-3-5-9-13/h2-11H2,1H3/t14-/m0/s1. The molecule has 2 aliphatic heterocycles. The number of amides is 1. The quantitative estimate of drug-likeness (QED) is 0.739. The highest BCUT2D eigenvalue weighted by Crippen LogP contribution is 2.51. The van der Waals surface area contributed by atoms with E-state index >= 15 is 0 Å². The van der Waals surface area contributed by atoms with E-state index in [4.69, 9.17) is 4.74 Å². The van der Waals surface area contributed by atoms with Crippen molar-refractivity contribution >= 4 is 5.91 Å². The van der Waals surface area contributed by atoms with E-state index in [0.717, 1.165) is 38.7 Å². The molecule has 0 aromatic heterocycles. The maximum absolute atomic E-state index is 12.3. The summed E-state index contributed by atoms with van der Waals surface area (Å²) < 4.78 is 6.17. The molecule has 1 atom stereocenters. The van der Waals surface area contributed by atoms with Gasteiger partial charge in [0.2, 0.25) is 5.91 Å². The molecule has 0 unspecified atom stereocenters. The Morgan fingerprint density at radius 3 is 2.71 bits per heavy atom. The summed E-state index contributed by atoms with van der Waals surface area (Å²) in [4.78, 5) is 14.4. The van der Waals surface area contributed by atoms with Gasteiger partial charge in [0.05, 0.1) is 12.1 Å². The Morgan fingerprint density at radius 1 is 1.24 bits per heavy atom. The van der Waals surface area contributed by atoms with Crippen molar-refractivity contribution in [1.82, 2.24) is 4.90 Å². The Morgan fingerprint density at radius 2 is 2.00 bits per heavy atom. The van der Waals surface area contributed by atoms with Crippen LogP contribution in [0.4, 0.5) is 0 Å². The van der Waals surface area contributed by atoms with E-state index in [0.29, 0.717) is 12.3 Å². The molecule has 3 fully saturated rings. The van der Waals surface area contributed by atoms with Crippen molar-refractivity contribution in [3.63, 3.8) is 0 Å². The second-order valence-corrected chi connectivity index (χ2v) is 6.00. The fourth-order valence-corrected chi connectivity index (χ4v) is 4.20. The molecule has 0 radical (unpaired) electrons. The van der Waals surface area contributed by atoms with E-state index in [-0.39, 0.29) is 11.3 Å². The first kappa shape index (κ1) is 11.5. The molecule has 3 aliphatic rings. The van der Waals surface area contributed by atoms with Gasteiger partial charge < -0.3 is 9.64 Å². The number of fused-ring (bicyclic) bond motifs is 2. The van der Waals surface area contributed by atoms with Crippen LogP contribution in [0.5, 0.6) is 0 Å². The summed E-state index contributed by atoms with van der Waals surface area (Å²) in [5.41, 5.74) is -0.149. The lowest BCUT2D eigenvalue weighted by molar-refractivity contribution is -0.144. The van der Waals surface area contributed by atoms with Crippen molar-refractivity contribution in [3.8, 4) is 0 Å². The average molecular weight is 237 g/mol. The van der Waals surface area contributed by atoms with Crippen molar-refractivity contribution < 1.29 is 9.53 Å². The van der Waals surface area contributed by atoms with Crippen molar-refractivity contribution in [2.24, 2.45) is 0 Å². The topological polar surface area (TPSA) is 29.5 Å². The van der Waals surface area contributed by atoms with Crippen LogP contribution in [0.1, 0.15) is 64.7 Å². The van der Waals surface area contributed by atoms with Crippen LogP contribution in [0, 0.1) is 0 Å². The predicted molar refractivity (Wildman–Crippen MR) is 65.5 cm³/mol. The largest absolute Gasteiger partial charge is 0.353 e. The Kier molecular flexibility index (Phi) is 2.69. The van der Waals surface area contributed by atoms with Gasteiger partial charge in [-0.05, 0) is 19.3 Å². The van der Waals surface area contributed by atoms with Crippen molar-refractivity contribution in [3.05, 3.63) is 0 Å².